The monoisotopic (exact) mass is 276 g/mol. The average molecular weight is 276 g/mol. The zero-order valence-corrected chi connectivity index (χ0v) is 11.6. The number of rotatable bonds is 5. The zero-order valence-electron chi connectivity index (χ0n) is 11.6. The third kappa shape index (κ3) is 2.68. The number of aryl methyl sites for hydroxylation is 1. The van der Waals surface area contributed by atoms with E-state index < -0.39 is 4.92 Å². The molecule has 8 heteroatoms. The van der Waals surface area contributed by atoms with Gasteiger partial charge in [-0.05, 0) is 6.07 Å². The van der Waals surface area contributed by atoms with Crippen molar-refractivity contribution in [3.8, 4) is 0 Å². The molecule has 0 spiro atoms. The molecule has 20 heavy (non-hydrogen) atoms. The van der Waals surface area contributed by atoms with Crippen LogP contribution in [-0.4, -0.2) is 33.6 Å². The fourth-order valence-corrected chi connectivity index (χ4v) is 1.84. The summed E-state index contributed by atoms with van der Waals surface area (Å²) in [5.74, 6) is 1.69. The number of nitro groups is 1. The average Bonchev–Trinajstić information content (AvgIpc) is 2.83. The molecule has 0 amide bonds. The summed E-state index contributed by atoms with van der Waals surface area (Å²) in [7, 11) is 5.35. The molecule has 0 radical (unpaired) electrons. The van der Waals surface area contributed by atoms with Crippen molar-refractivity contribution in [1.82, 2.24) is 14.5 Å². The van der Waals surface area contributed by atoms with Gasteiger partial charge in [-0.25, -0.2) is 9.97 Å². The van der Waals surface area contributed by atoms with Gasteiger partial charge in [-0.15, -0.1) is 0 Å². The number of nitrogens with one attached hydrogen (secondary N) is 1. The Kier molecular flexibility index (Phi) is 3.83. The van der Waals surface area contributed by atoms with E-state index in [2.05, 4.69) is 15.3 Å². The van der Waals surface area contributed by atoms with Crippen LogP contribution in [0.25, 0.3) is 0 Å². The van der Waals surface area contributed by atoms with Crippen LogP contribution in [-0.2, 0) is 13.6 Å². The summed E-state index contributed by atoms with van der Waals surface area (Å²) in [6, 6.07) is 3.03. The molecule has 0 bridgehead atoms. The van der Waals surface area contributed by atoms with Crippen molar-refractivity contribution >= 4 is 17.3 Å². The van der Waals surface area contributed by atoms with E-state index in [1.165, 1.54) is 6.07 Å². The van der Waals surface area contributed by atoms with Crippen molar-refractivity contribution in [2.24, 2.45) is 7.05 Å². The topological polar surface area (TPSA) is 89.1 Å². The van der Waals surface area contributed by atoms with Crippen molar-refractivity contribution in [1.29, 1.82) is 0 Å². The lowest BCUT2D eigenvalue weighted by Crippen LogP contribution is -2.21. The van der Waals surface area contributed by atoms with Gasteiger partial charge >= 0.3 is 5.69 Å². The molecule has 0 aromatic carbocycles. The first-order chi connectivity index (χ1) is 9.52. The SMILES string of the molecule is CNc1ccc([N+](=O)[O-])c(N(C)Cc2nccn2C)n1. The zero-order chi connectivity index (χ0) is 14.7. The normalized spacial score (nSPS) is 10.3. The Hall–Kier alpha value is -2.64. The maximum atomic E-state index is 11.1. The third-order valence-corrected chi connectivity index (χ3v) is 2.97. The summed E-state index contributed by atoms with van der Waals surface area (Å²) in [5.41, 5.74) is -0.0271. The second-order valence-corrected chi connectivity index (χ2v) is 4.36. The van der Waals surface area contributed by atoms with Crippen molar-refractivity contribution in [2.75, 3.05) is 24.3 Å². The lowest BCUT2D eigenvalue weighted by molar-refractivity contribution is -0.384. The van der Waals surface area contributed by atoms with Crippen LogP contribution in [0, 0.1) is 10.1 Å². The highest BCUT2D eigenvalue weighted by Gasteiger charge is 2.20. The molecule has 8 nitrogen and oxygen atoms in total. The van der Waals surface area contributed by atoms with E-state index in [4.69, 9.17) is 0 Å². The standard InChI is InChI=1S/C12H16N6O2/c1-13-10-5-4-9(18(19)20)12(15-10)17(3)8-11-14-6-7-16(11)2/h4-7H,8H2,1-3H3,(H,13,15). The van der Waals surface area contributed by atoms with Gasteiger partial charge in [0.15, 0.2) is 0 Å². The van der Waals surface area contributed by atoms with Crippen LogP contribution in [0.2, 0.25) is 0 Å². The molecule has 0 unspecified atom stereocenters. The highest BCUT2D eigenvalue weighted by Crippen LogP contribution is 2.27. The van der Waals surface area contributed by atoms with Gasteiger partial charge < -0.3 is 14.8 Å². The number of hydrogen-bond donors (Lipinski definition) is 1. The summed E-state index contributed by atoms with van der Waals surface area (Å²) in [4.78, 5) is 20.8. The second-order valence-electron chi connectivity index (χ2n) is 4.36. The lowest BCUT2D eigenvalue weighted by Gasteiger charge is -2.18. The van der Waals surface area contributed by atoms with E-state index >= 15 is 0 Å². The van der Waals surface area contributed by atoms with Crippen LogP contribution in [0.3, 0.4) is 0 Å². The van der Waals surface area contributed by atoms with E-state index in [1.807, 2.05) is 17.8 Å². The Morgan fingerprint density at radius 1 is 1.50 bits per heavy atom. The van der Waals surface area contributed by atoms with E-state index in [9.17, 15) is 10.1 Å². The smallest absolute Gasteiger partial charge is 0.311 e. The van der Waals surface area contributed by atoms with Crippen LogP contribution in [0.5, 0.6) is 0 Å². The molecular formula is C12H16N6O2. The first-order valence-electron chi connectivity index (χ1n) is 6.03. The quantitative estimate of drug-likeness (QED) is 0.656. The molecular weight excluding hydrogens is 260 g/mol. The maximum Gasteiger partial charge on any atom is 0.311 e. The largest absolute Gasteiger partial charge is 0.373 e. The molecule has 0 aliphatic heterocycles. The number of imidazole rings is 1. The fourth-order valence-electron chi connectivity index (χ4n) is 1.84. The van der Waals surface area contributed by atoms with E-state index in [0.29, 0.717) is 18.2 Å². The molecule has 0 fully saturated rings. The van der Waals surface area contributed by atoms with Gasteiger partial charge in [0.2, 0.25) is 5.82 Å². The molecule has 0 aliphatic carbocycles. The summed E-state index contributed by atoms with van der Waals surface area (Å²) in [6.07, 6.45) is 3.52. The van der Waals surface area contributed by atoms with Gasteiger partial charge in [0.05, 0.1) is 11.5 Å². The minimum Gasteiger partial charge on any atom is -0.373 e. The van der Waals surface area contributed by atoms with E-state index in [-0.39, 0.29) is 5.69 Å². The summed E-state index contributed by atoms with van der Waals surface area (Å²) >= 11 is 0. The Labute approximate surface area is 116 Å². The van der Waals surface area contributed by atoms with Crippen LogP contribution in [0.4, 0.5) is 17.3 Å². The fraction of sp³-hybridized carbons (Fsp3) is 0.333. The van der Waals surface area contributed by atoms with Crippen molar-refractivity contribution < 1.29 is 4.92 Å². The summed E-state index contributed by atoms with van der Waals surface area (Å²) in [5, 5.41) is 14.0. The number of nitrogens with zero attached hydrogens (tertiary/aromatic N) is 5. The molecule has 2 aromatic heterocycles. The first kappa shape index (κ1) is 13.8. The van der Waals surface area contributed by atoms with Crippen LogP contribution >= 0.6 is 0 Å². The number of anilines is 2. The van der Waals surface area contributed by atoms with Crippen LogP contribution in [0.15, 0.2) is 24.5 Å². The first-order valence-corrected chi connectivity index (χ1v) is 6.03. The van der Waals surface area contributed by atoms with Crippen molar-refractivity contribution in [3.63, 3.8) is 0 Å². The van der Waals surface area contributed by atoms with Crippen molar-refractivity contribution in [2.45, 2.75) is 6.54 Å². The highest BCUT2D eigenvalue weighted by atomic mass is 16.6. The molecule has 2 rings (SSSR count). The Balaban J connectivity index is 2.34. The van der Waals surface area contributed by atoms with Gasteiger partial charge in [0, 0.05) is 39.6 Å². The molecule has 1 N–H and O–H groups in total. The van der Waals surface area contributed by atoms with Crippen LogP contribution < -0.4 is 10.2 Å². The molecule has 0 saturated carbocycles. The van der Waals surface area contributed by atoms with E-state index in [0.717, 1.165) is 5.82 Å². The molecule has 0 saturated heterocycles. The molecule has 0 atom stereocenters. The minimum atomic E-state index is -0.434. The summed E-state index contributed by atoms with van der Waals surface area (Å²) in [6.45, 7) is 0.435. The predicted molar refractivity (Wildman–Crippen MR) is 75.8 cm³/mol. The van der Waals surface area contributed by atoms with Gasteiger partial charge in [0.25, 0.3) is 0 Å². The lowest BCUT2D eigenvalue weighted by atomic mass is 10.3. The van der Waals surface area contributed by atoms with Gasteiger partial charge in [-0.3, -0.25) is 10.1 Å². The molecule has 106 valence electrons. The van der Waals surface area contributed by atoms with Crippen molar-refractivity contribution in [3.05, 3.63) is 40.5 Å². The minimum absolute atomic E-state index is 0.0271. The number of hydrogen-bond acceptors (Lipinski definition) is 6. The highest BCUT2D eigenvalue weighted by molar-refractivity contribution is 5.61. The molecule has 2 aromatic rings. The predicted octanol–water partition coefficient (Wildman–Crippen LogP) is 1.40. The number of pyridine rings is 1. The van der Waals surface area contributed by atoms with E-state index in [1.54, 1.807) is 31.3 Å². The second kappa shape index (κ2) is 5.55. The number of aromatic nitrogens is 3. The maximum absolute atomic E-state index is 11.1. The Morgan fingerprint density at radius 2 is 2.25 bits per heavy atom. The summed E-state index contributed by atoms with van der Waals surface area (Å²) < 4.78 is 1.87. The third-order valence-electron chi connectivity index (χ3n) is 2.97. The van der Waals surface area contributed by atoms with Crippen LogP contribution in [0.1, 0.15) is 5.82 Å². The van der Waals surface area contributed by atoms with Gasteiger partial charge in [0.1, 0.15) is 11.6 Å². The van der Waals surface area contributed by atoms with Gasteiger partial charge in [-0.2, -0.15) is 0 Å². The van der Waals surface area contributed by atoms with Gasteiger partial charge in [-0.1, -0.05) is 0 Å². The molecule has 2 heterocycles. The Morgan fingerprint density at radius 3 is 2.80 bits per heavy atom. The Bertz CT molecular complexity index is 624. The molecule has 0 aliphatic rings.